The largest absolute Gasteiger partial charge is 0.494 e. The van der Waals surface area contributed by atoms with Gasteiger partial charge in [-0.25, -0.2) is 9.78 Å². The molecule has 3 aromatic rings. The van der Waals surface area contributed by atoms with Gasteiger partial charge in [0.1, 0.15) is 16.8 Å². The maximum atomic E-state index is 12.4. The number of nitrogens with zero attached hydrogens (tertiary/aromatic N) is 1. The number of carbonyl (C=O) groups is 2. The molecule has 1 heterocycles. The van der Waals surface area contributed by atoms with Gasteiger partial charge in [0.2, 0.25) is 5.91 Å². The summed E-state index contributed by atoms with van der Waals surface area (Å²) in [5, 5.41) is 5.83. The fraction of sp³-hybridized carbons (Fsp3) is 0.469. The molecule has 1 amide bonds. The van der Waals surface area contributed by atoms with Gasteiger partial charge in [0.05, 0.1) is 19.4 Å². The van der Waals surface area contributed by atoms with E-state index in [0.29, 0.717) is 12.8 Å². The van der Waals surface area contributed by atoms with Gasteiger partial charge in [-0.2, -0.15) is 0 Å². The topological polar surface area (TPSA) is 77.5 Å². The number of unbranched alkanes of at least 4 members (excludes halogenated alkanes) is 4. The van der Waals surface area contributed by atoms with E-state index in [0.717, 1.165) is 46.2 Å². The zero-order chi connectivity index (χ0) is 28.3. The van der Waals surface area contributed by atoms with Crippen LogP contribution in [0, 0.1) is 5.41 Å². The molecule has 0 bridgehead atoms. The SMILES string of the molecule is CCCCCCCOc1ccc(-c2nc(-c3ccc(C[C@H](NC(=O)CC(C)(C)C)C(=O)OC)cc3)cs2)cc1. The Morgan fingerprint density at radius 3 is 2.26 bits per heavy atom. The van der Waals surface area contributed by atoms with Crippen LogP contribution in [0.3, 0.4) is 0 Å². The number of thiazole rings is 1. The lowest BCUT2D eigenvalue weighted by molar-refractivity contribution is -0.145. The molecular weight excluding hydrogens is 508 g/mol. The summed E-state index contributed by atoms with van der Waals surface area (Å²) in [6, 6.07) is 15.3. The summed E-state index contributed by atoms with van der Waals surface area (Å²) in [6.45, 7) is 8.95. The average Bonchev–Trinajstić information content (AvgIpc) is 3.40. The molecule has 0 aliphatic rings. The molecule has 210 valence electrons. The molecule has 6 nitrogen and oxygen atoms in total. The van der Waals surface area contributed by atoms with Crippen LogP contribution in [0.2, 0.25) is 0 Å². The number of hydrogen-bond donors (Lipinski definition) is 1. The van der Waals surface area contributed by atoms with Gasteiger partial charge in [0.25, 0.3) is 0 Å². The standard InChI is InChI=1S/C32H42N2O4S/c1-6-7-8-9-10-19-38-26-17-15-25(16-18-26)30-34-28(22-39-30)24-13-11-23(12-14-24)20-27(31(36)37-5)33-29(35)21-32(2,3)4/h11-18,22,27H,6-10,19-21H2,1-5H3,(H,33,35)/t27-/m0/s1. The number of hydrogen-bond acceptors (Lipinski definition) is 6. The van der Waals surface area contributed by atoms with Crippen molar-refractivity contribution in [2.45, 2.75) is 78.7 Å². The van der Waals surface area contributed by atoms with E-state index in [4.69, 9.17) is 14.5 Å². The summed E-state index contributed by atoms with van der Waals surface area (Å²) < 4.78 is 10.8. The maximum Gasteiger partial charge on any atom is 0.328 e. The normalized spacial score (nSPS) is 12.1. The first-order valence-corrected chi connectivity index (χ1v) is 14.7. The highest BCUT2D eigenvalue weighted by Gasteiger charge is 2.24. The van der Waals surface area contributed by atoms with Gasteiger partial charge in [-0.1, -0.05) is 77.6 Å². The second-order valence-corrected chi connectivity index (χ2v) is 12.0. The molecule has 0 saturated heterocycles. The first-order chi connectivity index (χ1) is 18.7. The average molecular weight is 551 g/mol. The van der Waals surface area contributed by atoms with Crippen molar-refractivity contribution in [3.05, 3.63) is 59.5 Å². The zero-order valence-corrected chi connectivity index (χ0v) is 24.7. The smallest absolute Gasteiger partial charge is 0.328 e. The monoisotopic (exact) mass is 550 g/mol. The quantitative estimate of drug-likeness (QED) is 0.166. The maximum absolute atomic E-state index is 12.4. The summed E-state index contributed by atoms with van der Waals surface area (Å²) in [6.07, 6.45) is 6.82. The lowest BCUT2D eigenvalue weighted by Crippen LogP contribution is -2.44. The molecule has 1 atom stereocenters. The Morgan fingerprint density at radius 1 is 0.949 bits per heavy atom. The second-order valence-electron chi connectivity index (χ2n) is 11.1. The van der Waals surface area contributed by atoms with Crippen LogP contribution >= 0.6 is 11.3 Å². The van der Waals surface area contributed by atoms with Crippen molar-refractivity contribution in [2.24, 2.45) is 5.41 Å². The van der Waals surface area contributed by atoms with E-state index in [9.17, 15) is 9.59 Å². The molecule has 0 saturated carbocycles. The van der Waals surface area contributed by atoms with Crippen molar-refractivity contribution < 1.29 is 19.1 Å². The number of esters is 1. The molecule has 1 N–H and O–H groups in total. The Hall–Kier alpha value is -3.19. The van der Waals surface area contributed by atoms with Crippen molar-refractivity contribution in [1.29, 1.82) is 0 Å². The van der Waals surface area contributed by atoms with Crippen LogP contribution in [0.15, 0.2) is 53.9 Å². The minimum Gasteiger partial charge on any atom is -0.494 e. The van der Waals surface area contributed by atoms with Gasteiger partial charge in [-0.05, 0) is 41.7 Å². The number of rotatable bonds is 14. The summed E-state index contributed by atoms with van der Waals surface area (Å²) >= 11 is 1.60. The van der Waals surface area contributed by atoms with Crippen molar-refractivity contribution in [3.8, 4) is 27.6 Å². The van der Waals surface area contributed by atoms with Gasteiger partial charge in [-0.3, -0.25) is 4.79 Å². The summed E-state index contributed by atoms with van der Waals surface area (Å²) in [7, 11) is 1.34. The number of methoxy groups -OCH3 is 1. The summed E-state index contributed by atoms with van der Waals surface area (Å²) in [5.41, 5.74) is 3.72. The van der Waals surface area contributed by atoms with E-state index in [-0.39, 0.29) is 11.3 Å². The molecule has 7 heteroatoms. The van der Waals surface area contributed by atoms with Gasteiger partial charge >= 0.3 is 5.97 Å². The van der Waals surface area contributed by atoms with Crippen molar-refractivity contribution in [3.63, 3.8) is 0 Å². The Balaban J connectivity index is 1.58. The van der Waals surface area contributed by atoms with E-state index in [1.807, 2.05) is 57.2 Å². The predicted octanol–water partition coefficient (Wildman–Crippen LogP) is 7.46. The molecule has 3 rings (SSSR count). The minimum atomic E-state index is -0.727. The first kappa shape index (κ1) is 30.4. The number of aromatic nitrogens is 1. The third-order valence-electron chi connectivity index (χ3n) is 6.32. The van der Waals surface area contributed by atoms with E-state index in [1.165, 1.54) is 32.8 Å². The molecule has 0 spiro atoms. The van der Waals surface area contributed by atoms with Crippen LogP contribution in [0.25, 0.3) is 21.8 Å². The third kappa shape index (κ3) is 10.1. The highest BCUT2D eigenvalue weighted by atomic mass is 32.1. The van der Waals surface area contributed by atoms with Crippen LogP contribution in [0.5, 0.6) is 5.75 Å². The fourth-order valence-corrected chi connectivity index (χ4v) is 5.07. The summed E-state index contributed by atoms with van der Waals surface area (Å²) in [4.78, 5) is 29.6. The lowest BCUT2D eigenvalue weighted by atomic mass is 9.91. The van der Waals surface area contributed by atoms with Gasteiger partial charge in [0, 0.05) is 29.3 Å². The minimum absolute atomic E-state index is 0.161. The molecular formula is C32H42N2O4S. The highest BCUT2D eigenvalue weighted by Crippen LogP contribution is 2.30. The van der Waals surface area contributed by atoms with Crippen LogP contribution in [-0.2, 0) is 20.7 Å². The van der Waals surface area contributed by atoms with Gasteiger partial charge in [0.15, 0.2) is 0 Å². The molecule has 2 aromatic carbocycles. The molecule has 0 radical (unpaired) electrons. The Bertz CT molecular complexity index is 1180. The predicted molar refractivity (Wildman–Crippen MR) is 159 cm³/mol. The van der Waals surface area contributed by atoms with Crippen LogP contribution < -0.4 is 10.1 Å². The van der Waals surface area contributed by atoms with Crippen LogP contribution in [0.4, 0.5) is 0 Å². The van der Waals surface area contributed by atoms with E-state index in [2.05, 4.69) is 29.8 Å². The first-order valence-electron chi connectivity index (χ1n) is 13.8. The second kappa shape index (κ2) is 14.8. The molecule has 1 aromatic heterocycles. The van der Waals surface area contributed by atoms with Gasteiger partial charge < -0.3 is 14.8 Å². The Kier molecular flexibility index (Phi) is 11.5. The van der Waals surface area contributed by atoms with Crippen molar-refractivity contribution in [1.82, 2.24) is 10.3 Å². The number of ether oxygens (including phenoxy) is 2. The zero-order valence-electron chi connectivity index (χ0n) is 23.9. The summed E-state index contributed by atoms with van der Waals surface area (Å²) in [5.74, 6) is 0.280. The number of nitrogens with one attached hydrogen (secondary N) is 1. The Morgan fingerprint density at radius 2 is 1.62 bits per heavy atom. The fourth-order valence-electron chi connectivity index (χ4n) is 4.24. The number of carbonyl (C=O) groups excluding carboxylic acids is 2. The van der Waals surface area contributed by atoms with E-state index >= 15 is 0 Å². The third-order valence-corrected chi connectivity index (χ3v) is 7.21. The van der Waals surface area contributed by atoms with Gasteiger partial charge in [-0.15, -0.1) is 11.3 Å². The van der Waals surface area contributed by atoms with Crippen molar-refractivity contribution >= 4 is 23.2 Å². The molecule has 0 unspecified atom stereocenters. The van der Waals surface area contributed by atoms with Crippen LogP contribution in [0.1, 0.15) is 71.8 Å². The molecule has 0 fully saturated rings. The van der Waals surface area contributed by atoms with E-state index in [1.54, 1.807) is 11.3 Å². The highest BCUT2D eigenvalue weighted by molar-refractivity contribution is 7.13. The lowest BCUT2D eigenvalue weighted by Gasteiger charge is -2.21. The molecule has 0 aliphatic carbocycles. The van der Waals surface area contributed by atoms with Crippen LogP contribution in [-0.4, -0.2) is 36.6 Å². The Labute approximate surface area is 237 Å². The number of amides is 1. The molecule has 39 heavy (non-hydrogen) atoms. The molecule has 0 aliphatic heterocycles. The van der Waals surface area contributed by atoms with E-state index < -0.39 is 12.0 Å². The number of benzene rings is 2. The van der Waals surface area contributed by atoms with Crippen molar-refractivity contribution in [2.75, 3.05) is 13.7 Å².